The zero-order valence-corrected chi connectivity index (χ0v) is 18.8. The van der Waals surface area contributed by atoms with Gasteiger partial charge in [0.05, 0.1) is 37.6 Å². The second kappa shape index (κ2) is 7.61. The zero-order chi connectivity index (χ0) is 24.2. The maximum Gasteiger partial charge on any atom is 0.252 e. The molecule has 1 aromatic carbocycles. The number of furan rings is 1. The van der Waals surface area contributed by atoms with E-state index in [1.807, 2.05) is 30.3 Å². The molecule has 1 saturated heterocycles. The number of carbonyl (C=O) groups excluding carboxylic acids is 1. The van der Waals surface area contributed by atoms with E-state index in [9.17, 15) is 9.90 Å². The Hall–Kier alpha value is -4.29. The maximum absolute atomic E-state index is 13.7. The topological polar surface area (TPSA) is 159 Å². The first-order valence-electron chi connectivity index (χ1n) is 11.0. The first-order valence-corrected chi connectivity index (χ1v) is 11.0. The Morgan fingerprint density at radius 1 is 1.20 bits per heavy atom. The van der Waals surface area contributed by atoms with Gasteiger partial charge in [0, 0.05) is 0 Å². The minimum atomic E-state index is -1.31. The molecule has 1 fully saturated rings. The summed E-state index contributed by atoms with van der Waals surface area (Å²) < 4.78 is 13.4. The van der Waals surface area contributed by atoms with Gasteiger partial charge in [-0.3, -0.25) is 4.79 Å². The molecule has 0 bridgehead atoms. The van der Waals surface area contributed by atoms with Gasteiger partial charge in [-0.05, 0) is 24.6 Å². The third-order valence-electron chi connectivity index (χ3n) is 6.29. The molecule has 4 aromatic heterocycles. The van der Waals surface area contributed by atoms with E-state index in [-0.39, 0.29) is 31.6 Å². The lowest BCUT2D eigenvalue weighted by Crippen LogP contribution is -2.59. The van der Waals surface area contributed by atoms with Crippen LogP contribution in [0.2, 0.25) is 0 Å². The van der Waals surface area contributed by atoms with Crippen molar-refractivity contribution in [3.8, 4) is 11.6 Å². The monoisotopic (exact) mass is 474 g/mol. The molecule has 0 aliphatic carbocycles. The highest BCUT2D eigenvalue weighted by Crippen LogP contribution is 2.32. The highest BCUT2D eigenvalue weighted by Gasteiger charge is 2.43. The molecule has 6 rings (SSSR count). The number of amides is 1. The minimum absolute atomic E-state index is 0.0456. The average Bonchev–Trinajstić information content (AvgIpc) is 3.60. The van der Waals surface area contributed by atoms with Crippen LogP contribution in [-0.2, 0) is 15.1 Å². The molecule has 1 atom stereocenters. The van der Waals surface area contributed by atoms with Crippen LogP contribution in [0.25, 0.3) is 28.3 Å². The molecule has 12 heteroatoms. The van der Waals surface area contributed by atoms with Crippen LogP contribution < -0.4 is 11.1 Å². The number of rotatable bonds is 6. The van der Waals surface area contributed by atoms with Crippen molar-refractivity contribution in [2.75, 3.05) is 25.5 Å². The molecule has 5 heterocycles. The first kappa shape index (κ1) is 21.3. The molecular formula is C23H22N8O4. The van der Waals surface area contributed by atoms with Crippen LogP contribution >= 0.6 is 0 Å². The quantitative estimate of drug-likeness (QED) is 0.326. The van der Waals surface area contributed by atoms with Gasteiger partial charge in [-0.2, -0.15) is 14.6 Å². The van der Waals surface area contributed by atoms with E-state index in [0.29, 0.717) is 33.8 Å². The molecular weight excluding hydrogens is 452 g/mol. The van der Waals surface area contributed by atoms with E-state index in [1.165, 1.54) is 15.5 Å². The highest BCUT2D eigenvalue weighted by atomic mass is 16.5. The number of nitrogens with zero attached hydrogens (tertiary/aromatic N) is 6. The molecule has 1 aliphatic rings. The Morgan fingerprint density at radius 3 is 2.69 bits per heavy atom. The van der Waals surface area contributed by atoms with Gasteiger partial charge in [0.1, 0.15) is 5.60 Å². The molecule has 0 saturated carbocycles. The van der Waals surface area contributed by atoms with Crippen molar-refractivity contribution in [3.63, 3.8) is 0 Å². The van der Waals surface area contributed by atoms with Gasteiger partial charge in [0.2, 0.25) is 11.8 Å². The predicted molar refractivity (Wildman–Crippen MR) is 124 cm³/mol. The normalized spacial score (nSPS) is 16.7. The molecule has 178 valence electrons. The van der Waals surface area contributed by atoms with Crippen molar-refractivity contribution in [1.82, 2.24) is 34.7 Å². The van der Waals surface area contributed by atoms with Gasteiger partial charge in [0.15, 0.2) is 22.6 Å². The minimum Gasteiger partial charge on any atom is -0.461 e. The maximum atomic E-state index is 13.7. The summed E-state index contributed by atoms with van der Waals surface area (Å²) in [5.41, 5.74) is 5.32. The number of hydrogen-bond donors (Lipinski definition) is 3. The summed E-state index contributed by atoms with van der Waals surface area (Å²) in [6, 6.07) is 12.7. The lowest BCUT2D eigenvalue weighted by atomic mass is 9.90. The molecule has 0 radical (unpaired) electrons. The van der Waals surface area contributed by atoms with Crippen LogP contribution in [0.15, 0.2) is 59.3 Å². The van der Waals surface area contributed by atoms with Crippen LogP contribution in [0.1, 0.15) is 12.5 Å². The number of hydrogen-bond acceptors (Lipinski definition) is 9. The van der Waals surface area contributed by atoms with Gasteiger partial charge >= 0.3 is 0 Å². The number of aliphatic hydroxyl groups is 1. The molecule has 4 N–H and O–H groups in total. The third-order valence-corrected chi connectivity index (χ3v) is 6.29. The summed E-state index contributed by atoms with van der Waals surface area (Å²) in [7, 11) is 0. The SMILES string of the molecule is C[C@](C(=O)NCC1(O)COC1)(c1ccccc1)n1ncc2c1nc(N)n1nc(-c3ccco3)nc21. The van der Waals surface area contributed by atoms with Crippen molar-refractivity contribution >= 4 is 28.5 Å². The number of nitrogens with one attached hydrogen (secondary N) is 1. The zero-order valence-electron chi connectivity index (χ0n) is 18.8. The summed E-state index contributed by atoms with van der Waals surface area (Å²) in [5, 5.41) is 22.8. The van der Waals surface area contributed by atoms with Gasteiger partial charge < -0.3 is 25.3 Å². The second-order valence-electron chi connectivity index (χ2n) is 8.75. The number of fused-ring (bicyclic) bond motifs is 3. The Kier molecular flexibility index (Phi) is 4.62. The van der Waals surface area contributed by atoms with Crippen LogP contribution in [-0.4, -0.2) is 65.7 Å². The van der Waals surface area contributed by atoms with Crippen molar-refractivity contribution in [3.05, 3.63) is 60.5 Å². The Bertz CT molecular complexity index is 1540. The van der Waals surface area contributed by atoms with Crippen molar-refractivity contribution in [2.45, 2.75) is 18.1 Å². The van der Waals surface area contributed by atoms with Gasteiger partial charge in [-0.1, -0.05) is 30.3 Å². The smallest absolute Gasteiger partial charge is 0.252 e. The van der Waals surface area contributed by atoms with E-state index in [4.69, 9.17) is 14.9 Å². The van der Waals surface area contributed by atoms with E-state index in [2.05, 4.69) is 25.5 Å². The number of anilines is 1. The molecule has 5 aromatic rings. The number of aromatic nitrogens is 6. The summed E-state index contributed by atoms with van der Waals surface area (Å²) in [6.45, 7) is 2.12. The Morgan fingerprint density at radius 2 is 2.00 bits per heavy atom. The van der Waals surface area contributed by atoms with Gasteiger partial charge in [-0.15, -0.1) is 5.10 Å². The molecule has 35 heavy (non-hydrogen) atoms. The number of nitrogens with two attached hydrogens (primary N) is 1. The molecule has 0 spiro atoms. The molecule has 1 aliphatic heterocycles. The average molecular weight is 474 g/mol. The van der Waals surface area contributed by atoms with E-state index >= 15 is 0 Å². The Balaban J connectivity index is 1.50. The van der Waals surface area contributed by atoms with Crippen molar-refractivity contribution in [2.24, 2.45) is 0 Å². The third kappa shape index (κ3) is 3.26. The standard InChI is InChI=1S/C23H22N8O4/c1-22(14-6-3-2-4-7-14,20(32)25-11-23(33)12-34-13-23)31-19-15(10-26-31)18-27-17(16-8-5-9-35-16)29-30(18)21(24)28-19/h2-10,33H,11-13H2,1H3,(H2,24,28)(H,25,32)/t22-/m1/s1. The summed E-state index contributed by atoms with van der Waals surface area (Å²) >= 11 is 0. The van der Waals surface area contributed by atoms with Crippen LogP contribution in [0.3, 0.4) is 0 Å². The van der Waals surface area contributed by atoms with E-state index in [0.717, 1.165) is 0 Å². The molecule has 0 unspecified atom stereocenters. The number of benzene rings is 1. The highest BCUT2D eigenvalue weighted by molar-refractivity contribution is 5.94. The lowest BCUT2D eigenvalue weighted by molar-refractivity contribution is -0.176. The van der Waals surface area contributed by atoms with Crippen LogP contribution in [0.4, 0.5) is 5.95 Å². The first-order chi connectivity index (χ1) is 16.9. The molecule has 1 amide bonds. The fourth-order valence-electron chi connectivity index (χ4n) is 4.22. The van der Waals surface area contributed by atoms with E-state index < -0.39 is 11.1 Å². The summed E-state index contributed by atoms with van der Waals surface area (Å²) in [6.07, 6.45) is 3.12. The Labute approximate surface area is 198 Å². The van der Waals surface area contributed by atoms with Crippen LogP contribution in [0.5, 0.6) is 0 Å². The fourth-order valence-corrected chi connectivity index (χ4v) is 4.22. The van der Waals surface area contributed by atoms with Gasteiger partial charge in [0.25, 0.3) is 5.91 Å². The fraction of sp³-hybridized carbons (Fsp3) is 0.261. The summed E-state index contributed by atoms with van der Waals surface area (Å²) in [4.78, 5) is 22.8. The summed E-state index contributed by atoms with van der Waals surface area (Å²) in [5.74, 6) is 0.548. The largest absolute Gasteiger partial charge is 0.461 e. The van der Waals surface area contributed by atoms with Crippen molar-refractivity contribution in [1.29, 1.82) is 0 Å². The predicted octanol–water partition coefficient (Wildman–Crippen LogP) is 0.957. The number of carbonyl (C=O) groups is 1. The van der Waals surface area contributed by atoms with Gasteiger partial charge in [-0.25, -0.2) is 9.67 Å². The van der Waals surface area contributed by atoms with E-state index in [1.54, 1.807) is 25.3 Å². The number of nitrogen functional groups attached to an aromatic ring is 1. The number of ether oxygens (including phenoxy) is 1. The van der Waals surface area contributed by atoms with Crippen LogP contribution in [0, 0.1) is 0 Å². The molecule has 12 nitrogen and oxygen atoms in total. The lowest BCUT2D eigenvalue weighted by Gasteiger charge is -2.37. The second-order valence-corrected chi connectivity index (χ2v) is 8.75. The van der Waals surface area contributed by atoms with Crippen molar-refractivity contribution < 1.29 is 19.1 Å².